The molecule has 0 bridgehead atoms. The molecule has 1 atom stereocenters. The molecule has 2 rings (SSSR count). The van der Waals surface area contributed by atoms with Crippen LogP contribution in [0.15, 0.2) is 28.7 Å². The van der Waals surface area contributed by atoms with Crippen LogP contribution in [-0.4, -0.2) is 25.5 Å². The number of carbonyl (C=O) groups is 1. The fraction of sp³-hybridized carbons (Fsp3) is 0.462. The van der Waals surface area contributed by atoms with Crippen molar-refractivity contribution in [3.63, 3.8) is 0 Å². The van der Waals surface area contributed by atoms with Gasteiger partial charge in [0.05, 0.1) is 0 Å². The lowest BCUT2D eigenvalue weighted by atomic mass is 10.1. The lowest BCUT2D eigenvalue weighted by molar-refractivity contribution is 0.0951. The van der Waals surface area contributed by atoms with Crippen LogP contribution in [0.2, 0.25) is 0 Å². The summed E-state index contributed by atoms with van der Waals surface area (Å²) in [7, 11) is 0. The fourth-order valence-corrected chi connectivity index (χ4v) is 2.48. The second kappa shape index (κ2) is 6.17. The third-order valence-corrected chi connectivity index (χ3v) is 3.58. The van der Waals surface area contributed by atoms with Crippen LogP contribution in [0.5, 0.6) is 0 Å². The minimum absolute atomic E-state index is 0.0113. The minimum Gasteiger partial charge on any atom is -0.352 e. The molecule has 0 saturated carbocycles. The average Bonchev–Trinajstić information content (AvgIpc) is 2.82. The molecule has 92 valence electrons. The number of rotatable bonds is 4. The third-order valence-electron chi connectivity index (χ3n) is 3.09. The zero-order valence-corrected chi connectivity index (χ0v) is 11.3. The number of benzene rings is 1. The van der Waals surface area contributed by atoms with Crippen molar-refractivity contribution in [2.45, 2.75) is 12.8 Å². The predicted octanol–water partition coefficient (Wildman–Crippen LogP) is 2.18. The van der Waals surface area contributed by atoms with Gasteiger partial charge >= 0.3 is 0 Å². The summed E-state index contributed by atoms with van der Waals surface area (Å²) >= 11 is 3.36. The van der Waals surface area contributed by atoms with Crippen LogP contribution in [0.3, 0.4) is 0 Å². The molecule has 2 N–H and O–H groups in total. The normalized spacial score (nSPS) is 19.2. The number of nitrogens with one attached hydrogen (secondary N) is 2. The molecule has 0 spiro atoms. The second-order valence-corrected chi connectivity index (χ2v) is 5.33. The quantitative estimate of drug-likeness (QED) is 0.894. The molecule has 1 amide bonds. The van der Waals surface area contributed by atoms with E-state index < -0.39 is 0 Å². The molecule has 1 aliphatic rings. The average molecular weight is 297 g/mol. The van der Waals surface area contributed by atoms with Gasteiger partial charge in [-0.15, -0.1) is 0 Å². The summed E-state index contributed by atoms with van der Waals surface area (Å²) in [4.78, 5) is 11.8. The Balaban J connectivity index is 1.77. The third kappa shape index (κ3) is 3.82. The van der Waals surface area contributed by atoms with Crippen molar-refractivity contribution >= 4 is 21.8 Å². The first-order valence-corrected chi connectivity index (χ1v) is 6.79. The molecule has 0 aliphatic carbocycles. The topological polar surface area (TPSA) is 41.1 Å². The molecule has 0 radical (unpaired) electrons. The van der Waals surface area contributed by atoms with E-state index in [1.54, 1.807) is 0 Å². The van der Waals surface area contributed by atoms with Crippen molar-refractivity contribution < 1.29 is 4.79 Å². The summed E-state index contributed by atoms with van der Waals surface area (Å²) in [6.07, 6.45) is 2.29. The van der Waals surface area contributed by atoms with Crippen LogP contribution in [0.4, 0.5) is 0 Å². The highest BCUT2D eigenvalue weighted by Crippen LogP contribution is 2.13. The standard InChI is InChI=1S/C13H17BrN2O/c14-12-3-1-2-11(8-12)13(17)16-7-5-10-4-6-15-9-10/h1-3,8,10,15H,4-7,9H2,(H,16,17). The van der Waals surface area contributed by atoms with Gasteiger partial charge < -0.3 is 10.6 Å². The van der Waals surface area contributed by atoms with Gasteiger partial charge in [-0.25, -0.2) is 0 Å². The molecule has 4 heteroatoms. The molecule has 3 nitrogen and oxygen atoms in total. The molecule has 1 aliphatic heterocycles. The Kier molecular flexibility index (Phi) is 4.57. The van der Waals surface area contributed by atoms with Gasteiger partial charge in [0.15, 0.2) is 0 Å². The van der Waals surface area contributed by atoms with Gasteiger partial charge in [-0.3, -0.25) is 4.79 Å². The molecule has 1 saturated heterocycles. The van der Waals surface area contributed by atoms with Crippen LogP contribution in [0.1, 0.15) is 23.2 Å². The zero-order chi connectivity index (χ0) is 12.1. The second-order valence-electron chi connectivity index (χ2n) is 4.41. The van der Waals surface area contributed by atoms with E-state index >= 15 is 0 Å². The largest absolute Gasteiger partial charge is 0.352 e. The molecule has 1 unspecified atom stereocenters. The molecular weight excluding hydrogens is 280 g/mol. The van der Waals surface area contributed by atoms with Crippen molar-refractivity contribution in [3.8, 4) is 0 Å². The van der Waals surface area contributed by atoms with Crippen LogP contribution >= 0.6 is 15.9 Å². The Bertz CT molecular complexity index is 389. The van der Waals surface area contributed by atoms with E-state index in [-0.39, 0.29) is 5.91 Å². The first-order valence-electron chi connectivity index (χ1n) is 6.00. The summed E-state index contributed by atoms with van der Waals surface area (Å²) in [5.74, 6) is 0.732. The van der Waals surface area contributed by atoms with E-state index in [1.807, 2.05) is 24.3 Å². The van der Waals surface area contributed by atoms with Crippen LogP contribution < -0.4 is 10.6 Å². The number of amides is 1. The molecule has 17 heavy (non-hydrogen) atoms. The summed E-state index contributed by atoms with van der Waals surface area (Å²) in [5, 5.41) is 6.30. The van der Waals surface area contributed by atoms with E-state index in [0.717, 1.165) is 36.4 Å². The smallest absolute Gasteiger partial charge is 0.251 e. The lowest BCUT2D eigenvalue weighted by Gasteiger charge is -2.09. The van der Waals surface area contributed by atoms with Gasteiger partial charge in [-0.2, -0.15) is 0 Å². The Hall–Kier alpha value is -0.870. The van der Waals surface area contributed by atoms with Crippen molar-refractivity contribution in [2.75, 3.05) is 19.6 Å². The predicted molar refractivity (Wildman–Crippen MR) is 72.1 cm³/mol. The van der Waals surface area contributed by atoms with Crippen molar-refractivity contribution in [3.05, 3.63) is 34.3 Å². The highest BCUT2D eigenvalue weighted by molar-refractivity contribution is 9.10. The highest BCUT2D eigenvalue weighted by Gasteiger charge is 2.14. The number of halogens is 1. The molecule has 1 aromatic carbocycles. The van der Waals surface area contributed by atoms with Crippen LogP contribution in [-0.2, 0) is 0 Å². The van der Waals surface area contributed by atoms with Crippen molar-refractivity contribution in [2.24, 2.45) is 5.92 Å². The molecule has 1 aromatic rings. The van der Waals surface area contributed by atoms with Crippen molar-refractivity contribution in [1.29, 1.82) is 0 Å². The monoisotopic (exact) mass is 296 g/mol. The van der Waals surface area contributed by atoms with Gasteiger partial charge in [-0.1, -0.05) is 22.0 Å². The maximum atomic E-state index is 11.8. The first-order chi connectivity index (χ1) is 8.25. The Labute approximate surface area is 110 Å². The van der Waals surface area contributed by atoms with Gasteiger partial charge in [0, 0.05) is 16.6 Å². The van der Waals surface area contributed by atoms with E-state index in [1.165, 1.54) is 6.42 Å². The fourth-order valence-electron chi connectivity index (χ4n) is 2.08. The number of hydrogen-bond acceptors (Lipinski definition) is 2. The first kappa shape index (κ1) is 12.6. The number of hydrogen-bond donors (Lipinski definition) is 2. The van der Waals surface area contributed by atoms with Gasteiger partial charge in [0.1, 0.15) is 0 Å². The van der Waals surface area contributed by atoms with Crippen LogP contribution in [0, 0.1) is 5.92 Å². The lowest BCUT2D eigenvalue weighted by Crippen LogP contribution is -2.26. The molecule has 0 aromatic heterocycles. The summed E-state index contributed by atoms with van der Waals surface area (Å²) in [6.45, 7) is 2.97. The summed E-state index contributed by atoms with van der Waals surface area (Å²) in [6, 6.07) is 7.46. The maximum absolute atomic E-state index is 11.8. The van der Waals surface area contributed by atoms with E-state index in [9.17, 15) is 4.79 Å². The van der Waals surface area contributed by atoms with E-state index in [2.05, 4.69) is 26.6 Å². The molecule has 1 heterocycles. The minimum atomic E-state index is 0.0113. The van der Waals surface area contributed by atoms with E-state index in [4.69, 9.17) is 0 Å². The Morgan fingerprint density at radius 2 is 2.41 bits per heavy atom. The Morgan fingerprint density at radius 3 is 3.12 bits per heavy atom. The number of carbonyl (C=O) groups excluding carboxylic acids is 1. The highest BCUT2D eigenvalue weighted by atomic mass is 79.9. The molecular formula is C13H17BrN2O. The van der Waals surface area contributed by atoms with Crippen molar-refractivity contribution in [1.82, 2.24) is 10.6 Å². The van der Waals surface area contributed by atoms with Gasteiger partial charge in [0.2, 0.25) is 0 Å². The SMILES string of the molecule is O=C(NCCC1CCNC1)c1cccc(Br)c1. The Morgan fingerprint density at radius 1 is 1.53 bits per heavy atom. The van der Waals surface area contributed by atoms with E-state index in [0.29, 0.717) is 5.56 Å². The summed E-state index contributed by atoms with van der Waals surface area (Å²) < 4.78 is 0.935. The maximum Gasteiger partial charge on any atom is 0.251 e. The molecule has 1 fully saturated rings. The summed E-state index contributed by atoms with van der Waals surface area (Å²) in [5.41, 5.74) is 0.712. The van der Waals surface area contributed by atoms with Crippen LogP contribution in [0.25, 0.3) is 0 Å². The van der Waals surface area contributed by atoms with Gasteiger partial charge in [-0.05, 0) is 50.0 Å². The zero-order valence-electron chi connectivity index (χ0n) is 9.71. The van der Waals surface area contributed by atoms with Gasteiger partial charge in [0.25, 0.3) is 5.91 Å².